The molecule has 1 aromatic carbocycles. The van der Waals surface area contributed by atoms with Crippen LogP contribution < -0.4 is 5.32 Å². The highest BCUT2D eigenvalue weighted by Gasteiger charge is 2.30. The van der Waals surface area contributed by atoms with Gasteiger partial charge in [-0.05, 0) is 48.9 Å². The molecular formula is C14H19F2NO2S. The number of anilines is 1. The van der Waals surface area contributed by atoms with Gasteiger partial charge in [0.2, 0.25) is 9.84 Å². The maximum absolute atomic E-state index is 12.4. The highest BCUT2D eigenvalue weighted by molar-refractivity contribution is 7.91. The number of rotatable bonds is 4. The smallest absolute Gasteiger partial charge is 0.341 e. The van der Waals surface area contributed by atoms with E-state index in [9.17, 15) is 17.2 Å². The van der Waals surface area contributed by atoms with Crippen LogP contribution >= 0.6 is 0 Å². The zero-order chi connectivity index (χ0) is 14.9. The molecule has 0 amide bonds. The highest BCUT2D eigenvalue weighted by Crippen LogP contribution is 2.33. The summed E-state index contributed by atoms with van der Waals surface area (Å²) in [5, 5.41) is 3.35. The Morgan fingerprint density at radius 2 is 1.75 bits per heavy atom. The monoisotopic (exact) mass is 303 g/mol. The number of sulfone groups is 1. The first-order chi connectivity index (χ1) is 9.32. The minimum absolute atomic E-state index is 0.342. The van der Waals surface area contributed by atoms with Gasteiger partial charge in [0.1, 0.15) is 0 Å². The second-order valence-electron chi connectivity index (χ2n) is 5.49. The molecule has 2 rings (SSSR count). The first kappa shape index (κ1) is 15.2. The van der Waals surface area contributed by atoms with Gasteiger partial charge in [0.05, 0.1) is 4.90 Å². The average Bonchev–Trinajstić information content (AvgIpc) is 2.71. The summed E-state index contributed by atoms with van der Waals surface area (Å²) in [6, 6.07) is 5.90. The van der Waals surface area contributed by atoms with Crippen LogP contribution in [0.25, 0.3) is 0 Å². The summed E-state index contributed by atoms with van der Waals surface area (Å²) < 4.78 is 47.5. The molecule has 1 aliphatic rings. The number of halogens is 2. The average molecular weight is 303 g/mol. The molecule has 0 heterocycles. The lowest BCUT2D eigenvalue weighted by Crippen LogP contribution is -2.24. The zero-order valence-electron chi connectivity index (χ0n) is 11.5. The molecule has 1 N–H and O–H groups in total. The van der Waals surface area contributed by atoms with E-state index in [0.29, 0.717) is 17.9 Å². The molecule has 20 heavy (non-hydrogen) atoms. The first-order valence-electron chi connectivity index (χ1n) is 6.71. The molecule has 1 saturated carbocycles. The summed E-state index contributed by atoms with van der Waals surface area (Å²) in [5.41, 5.74) is 0.768. The van der Waals surface area contributed by atoms with Crippen LogP contribution in [0.15, 0.2) is 29.2 Å². The fraction of sp³-hybridized carbons (Fsp3) is 0.571. The summed E-state index contributed by atoms with van der Waals surface area (Å²) in [6.45, 7) is 4.40. The Bertz CT molecular complexity index is 557. The zero-order valence-corrected chi connectivity index (χ0v) is 12.3. The molecule has 0 bridgehead atoms. The van der Waals surface area contributed by atoms with Gasteiger partial charge in [-0.1, -0.05) is 13.8 Å². The summed E-state index contributed by atoms with van der Waals surface area (Å²) in [6.07, 6.45) is 2.23. The van der Waals surface area contributed by atoms with Gasteiger partial charge in [-0.2, -0.15) is 8.78 Å². The van der Waals surface area contributed by atoms with Gasteiger partial charge in [0, 0.05) is 11.7 Å². The van der Waals surface area contributed by atoms with Gasteiger partial charge >= 0.3 is 5.76 Å². The minimum Gasteiger partial charge on any atom is -0.382 e. The van der Waals surface area contributed by atoms with Crippen LogP contribution in [0.1, 0.15) is 26.7 Å². The van der Waals surface area contributed by atoms with Crippen molar-refractivity contribution in [1.29, 1.82) is 0 Å². The van der Waals surface area contributed by atoms with Crippen LogP contribution in [-0.4, -0.2) is 20.2 Å². The second-order valence-corrected chi connectivity index (χ2v) is 7.41. The van der Waals surface area contributed by atoms with Crippen molar-refractivity contribution in [3.63, 3.8) is 0 Å². The third-order valence-corrected chi connectivity index (χ3v) is 5.63. The molecule has 1 aliphatic carbocycles. The van der Waals surface area contributed by atoms with Gasteiger partial charge in [0.15, 0.2) is 0 Å². The van der Waals surface area contributed by atoms with Crippen LogP contribution in [0.2, 0.25) is 0 Å². The minimum atomic E-state index is -4.50. The molecule has 1 aromatic rings. The molecule has 0 radical (unpaired) electrons. The molecule has 6 heteroatoms. The van der Waals surface area contributed by atoms with E-state index in [0.717, 1.165) is 18.5 Å². The standard InChI is InChI=1S/C14H19F2NO2S/c1-9-3-8-13(10(9)2)17-11-4-6-12(7-5-11)20(18,19)14(15)16/h4-7,9-10,13-14,17H,3,8H2,1-2H3. The molecule has 3 unspecified atom stereocenters. The van der Waals surface area contributed by atoms with E-state index >= 15 is 0 Å². The van der Waals surface area contributed by atoms with Gasteiger partial charge in [0.25, 0.3) is 0 Å². The maximum Gasteiger partial charge on any atom is 0.341 e. The molecular weight excluding hydrogens is 284 g/mol. The Morgan fingerprint density at radius 3 is 2.20 bits per heavy atom. The van der Waals surface area contributed by atoms with Crippen molar-refractivity contribution in [2.45, 2.75) is 43.4 Å². The van der Waals surface area contributed by atoms with Crippen LogP contribution in [0.3, 0.4) is 0 Å². The molecule has 0 saturated heterocycles. The van der Waals surface area contributed by atoms with Crippen LogP contribution in [-0.2, 0) is 9.84 Å². The lowest BCUT2D eigenvalue weighted by Gasteiger charge is -2.21. The highest BCUT2D eigenvalue weighted by atomic mass is 32.2. The van der Waals surface area contributed by atoms with E-state index in [1.165, 1.54) is 12.1 Å². The summed E-state index contributed by atoms with van der Waals surface area (Å²) in [4.78, 5) is -0.342. The topological polar surface area (TPSA) is 46.2 Å². The number of hydrogen-bond acceptors (Lipinski definition) is 3. The van der Waals surface area contributed by atoms with Gasteiger partial charge in [-0.3, -0.25) is 0 Å². The van der Waals surface area contributed by atoms with Crippen molar-refractivity contribution in [1.82, 2.24) is 0 Å². The first-order valence-corrected chi connectivity index (χ1v) is 8.25. The third-order valence-electron chi connectivity index (χ3n) is 4.23. The van der Waals surface area contributed by atoms with Crippen molar-refractivity contribution in [3.8, 4) is 0 Å². The quantitative estimate of drug-likeness (QED) is 0.925. The second kappa shape index (κ2) is 5.68. The van der Waals surface area contributed by atoms with Gasteiger partial charge < -0.3 is 5.32 Å². The summed E-state index contributed by atoms with van der Waals surface area (Å²) >= 11 is 0. The fourth-order valence-corrected chi connectivity index (χ4v) is 3.35. The number of hydrogen-bond donors (Lipinski definition) is 1. The third kappa shape index (κ3) is 2.95. The van der Waals surface area contributed by atoms with E-state index < -0.39 is 15.6 Å². The van der Waals surface area contributed by atoms with Gasteiger partial charge in [-0.25, -0.2) is 8.42 Å². The Hall–Kier alpha value is -1.17. The predicted octanol–water partition coefficient (Wildman–Crippen LogP) is 3.53. The van der Waals surface area contributed by atoms with E-state index in [1.54, 1.807) is 12.1 Å². The normalized spacial score (nSPS) is 26.9. The largest absolute Gasteiger partial charge is 0.382 e. The van der Waals surface area contributed by atoms with Crippen molar-refractivity contribution in [2.24, 2.45) is 11.8 Å². The molecule has 112 valence electrons. The maximum atomic E-state index is 12.4. The molecule has 0 aliphatic heterocycles. The number of benzene rings is 1. The molecule has 0 spiro atoms. The van der Waals surface area contributed by atoms with E-state index in [1.807, 2.05) is 0 Å². The number of alkyl halides is 2. The van der Waals surface area contributed by atoms with Crippen molar-refractivity contribution < 1.29 is 17.2 Å². The van der Waals surface area contributed by atoms with E-state index in [-0.39, 0.29) is 4.90 Å². The SMILES string of the molecule is CC1CCC(Nc2ccc(S(=O)(=O)C(F)F)cc2)C1C. The van der Waals surface area contributed by atoms with Crippen molar-refractivity contribution in [3.05, 3.63) is 24.3 Å². The predicted molar refractivity (Wildman–Crippen MR) is 74.6 cm³/mol. The summed E-state index contributed by atoms with van der Waals surface area (Å²) in [5.74, 6) is -2.18. The molecule has 1 fully saturated rings. The lowest BCUT2D eigenvalue weighted by atomic mass is 9.98. The lowest BCUT2D eigenvalue weighted by molar-refractivity contribution is 0.234. The van der Waals surface area contributed by atoms with Gasteiger partial charge in [-0.15, -0.1) is 0 Å². The summed E-state index contributed by atoms with van der Waals surface area (Å²) in [7, 11) is -4.50. The van der Waals surface area contributed by atoms with E-state index in [2.05, 4.69) is 19.2 Å². The van der Waals surface area contributed by atoms with Crippen molar-refractivity contribution >= 4 is 15.5 Å². The number of nitrogens with one attached hydrogen (secondary N) is 1. The van der Waals surface area contributed by atoms with Crippen LogP contribution in [0, 0.1) is 11.8 Å². The van der Waals surface area contributed by atoms with Crippen LogP contribution in [0.4, 0.5) is 14.5 Å². The fourth-order valence-electron chi connectivity index (χ4n) is 2.63. The Morgan fingerprint density at radius 1 is 1.15 bits per heavy atom. The molecule has 3 nitrogen and oxygen atoms in total. The molecule has 3 atom stereocenters. The Labute approximate surface area is 118 Å². The molecule has 0 aromatic heterocycles. The van der Waals surface area contributed by atoms with Crippen LogP contribution in [0.5, 0.6) is 0 Å². The Kier molecular flexibility index (Phi) is 4.32. The van der Waals surface area contributed by atoms with Crippen molar-refractivity contribution in [2.75, 3.05) is 5.32 Å². The van der Waals surface area contributed by atoms with E-state index in [4.69, 9.17) is 0 Å². The Balaban J connectivity index is 2.10.